The Hall–Kier alpha value is -3.66. The molecule has 0 aliphatic rings. The van der Waals surface area contributed by atoms with Gasteiger partial charge in [0.05, 0.1) is 6.54 Å². The second-order valence-electron chi connectivity index (χ2n) is 11.0. The molecule has 4 aromatic heterocycles. The van der Waals surface area contributed by atoms with Gasteiger partial charge in [0.25, 0.3) is 5.56 Å². The van der Waals surface area contributed by atoms with E-state index in [4.69, 9.17) is 21.7 Å². The van der Waals surface area contributed by atoms with Crippen LogP contribution in [0.5, 0.6) is 0 Å². The first-order chi connectivity index (χ1) is 19.8. The van der Waals surface area contributed by atoms with Crippen LogP contribution in [-0.4, -0.2) is 39.2 Å². The van der Waals surface area contributed by atoms with Crippen LogP contribution >= 0.6 is 11.6 Å². The molecule has 228 valence electrons. The van der Waals surface area contributed by atoms with Crippen LogP contribution in [0.3, 0.4) is 0 Å². The predicted octanol–water partition coefficient (Wildman–Crippen LogP) is 5.58. The number of aromatic amines is 1. The number of nitrogens with zero attached hydrogens (tertiary/aromatic N) is 6. The molecule has 1 N–H and O–H groups in total. The maximum absolute atomic E-state index is 13.7. The van der Waals surface area contributed by atoms with Crippen LogP contribution in [0.1, 0.15) is 82.2 Å². The number of Topliss-reactive ketones (excluding diaryl/α,β-unsaturated/α-hetero) is 1. The van der Waals surface area contributed by atoms with Crippen molar-refractivity contribution in [2.45, 2.75) is 81.3 Å². The van der Waals surface area contributed by atoms with Crippen molar-refractivity contribution in [1.29, 1.82) is 0 Å². The van der Waals surface area contributed by atoms with E-state index in [1.807, 2.05) is 67.7 Å². The number of carbonyl (C=O) groups excluding carboxylic acids is 1. The minimum Gasteiger partial charge on any atom is -0.365 e. The Kier molecular flexibility index (Phi) is 10.6. The first kappa shape index (κ1) is 32.8. The molecule has 4 heterocycles. The van der Waals surface area contributed by atoms with E-state index in [1.54, 1.807) is 27.1 Å². The fraction of sp³-hybridized carbons (Fsp3) is 0.516. The summed E-state index contributed by atoms with van der Waals surface area (Å²) in [6.07, 6.45) is 6.89. The van der Waals surface area contributed by atoms with Gasteiger partial charge >= 0.3 is 5.69 Å². The Morgan fingerprint density at radius 1 is 1.17 bits per heavy atom. The van der Waals surface area contributed by atoms with Crippen molar-refractivity contribution in [1.82, 2.24) is 33.4 Å². The van der Waals surface area contributed by atoms with Crippen molar-refractivity contribution >= 4 is 28.4 Å². The van der Waals surface area contributed by atoms with Gasteiger partial charge in [0.15, 0.2) is 17.3 Å². The monoisotopic (exact) mass is 597 g/mol. The number of nitrogens with one attached hydrogen (secondary N) is 1. The highest BCUT2D eigenvalue weighted by atomic mass is 35.5. The fourth-order valence-electron chi connectivity index (χ4n) is 4.92. The topological polar surface area (TPSA) is 112 Å². The first-order valence-electron chi connectivity index (χ1n) is 14.6. The zero-order valence-electron chi connectivity index (χ0n) is 26.5. The fourth-order valence-corrected chi connectivity index (χ4v) is 4.99. The SMILES string of the molecule is CC.CCC(C)C(=O)c1cn(C)c(-c2c3c(=O)n(C)c(=O)n(CC(C)C)c3nn2Cc2c[nH]c(C)c2C/C=C(\C)Cl)n1. The minimum absolute atomic E-state index is 0.0592. The average molecular weight is 598 g/mol. The maximum atomic E-state index is 13.7. The molecule has 1 atom stereocenters. The van der Waals surface area contributed by atoms with Gasteiger partial charge in [0, 0.05) is 49.7 Å². The summed E-state index contributed by atoms with van der Waals surface area (Å²) in [6.45, 7) is 16.4. The van der Waals surface area contributed by atoms with Crippen molar-refractivity contribution in [3.63, 3.8) is 0 Å². The van der Waals surface area contributed by atoms with Crippen molar-refractivity contribution in [2.24, 2.45) is 25.9 Å². The zero-order valence-corrected chi connectivity index (χ0v) is 27.3. The van der Waals surface area contributed by atoms with Gasteiger partial charge in [-0.1, -0.05) is 59.2 Å². The first-order valence-corrected chi connectivity index (χ1v) is 15.0. The summed E-state index contributed by atoms with van der Waals surface area (Å²) < 4.78 is 6.15. The van der Waals surface area contributed by atoms with Gasteiger partial charge in [0.1, 0.15) is 16.8 Å². The molecule has 0 aromatic carbocycles. The van der Waals surface area contributed by atoms with E-state index in [9.17, 15) is 14.4 Å². The Labute approximate surface area is 252 Å². The van der Waals surface area contributed by atoms with Crippen LogP contribution in [0.15, 0.2) is 33.1 Å². The Bertz CT molecular complexity index is 1730. The van der Waals surface area contributed by atoms with E-state index in [0.29, 0.717) is 59.2 Å². The van der Waals surface area contributed by atoms with E-state index in [0.717, 1.165) is 21.4 Å². The summed E-state index contributed by atoms with van der Waals surface area (Å²) in [5, 5.41) is 5.86. The van der Waals surface area contributed by atoms with Crippen molar-refractivity contribution in [3.05, 3.63) is 66.9 Å². The third-order valence-corrected chi connectivity index (χ3v) is 7.54. The molecule has 4 rings (SSSR count). The van der Waals surface area contributed by atoms with Crippen LogP contribution < -0.4 is 11.2 Å². The number of carbonyl (C=O) groups is 1. The molecule has 0 radical (unpaired) electrons. The molecular formula is C31H44ClN7O3. The van der Waals surface area contributed by atoms with Crippen LogP contribution in [0, 0.1) is 18.8 Å². The van der Waals surface area contributed by atoms with E-state index < -0.39 is 11.2 Å². The van der Waals surface area contributed by atoms with E-state index in [1.165, 1.54) is 7.05 Å². The number of aromatic nitrogens is 7. The summed E-state index contributed by atoms with van der Waals surface area (Å²) >= 11 is 6.13. The molecule has 11 heteroatoms. The van der Waals surface area contributed by atoms with Crippen LogP contribution in [-0.2, 0) is 33.6 Å². The highest BCUT2D eigenvalue weighted by Crippen LogP contribution is 2.28. The van der Waals surface area contributed by atoms with Crippen molar-refractivity contribution < 1.29 is 4.79 Å². The van der Waals surface area contributed by atoms with Gasteiger partial charge < -0.3 is 9.55 Å². The maximum Gasteiger partial charge on any atom is 0.332 e. The number of allylic oxidation sites excluding steroid dienone is 2. The average Bonchev–Trinajstić information content (AvgIpc) is 3.63. The Morgan fingerprint density at radius 3 is 2.43 bits per heavy atom. The summed E-state index contributed by atoms with van der Waals surface area (Å²) in [7, 11) is 3.28. The third kappa shape index (κ3) is 6.38. The number of hydrogen-bond donors (Lipinski definition) is 1. The number of halogens is 1. The van der Waals surface area contributed by atoms with Gasteiger partial charge in [-0.05, 0) is 43.7 Å². The smallest absolute Gasteiger partial charge is 0.332 e. The van der Waals surface area contributed by atoms with Crippen molar-refractivity contribution in [2.75, 3.05) is 0 Å². The molecule has 10 nitrogen and oxygen atoms in total. The summed E-state index contributed by atoms with van der Waals surface area (Å²) in [5.41, 5.74) is 3.29. The van der Waals surface area contributed by atoms with E-state index >= 15 is 0 Å². The predicted molar refractivity (Wildman–Crippen MR) is 169 cm³/mol. The standard InChI is InChI=1S/C29H38ClN7O3.C2H6/c1-9-17(4)25(38)22-15-34(7)27(32-22)24-23-26(36(13-16(2)3)29(40)35(8)28(23)39)33-37(24)14-20-12-31-19(6)21(20)11-10-18(5)30;1-2/h10,12,15-17,31H,9,11,13-14H2,1-8H3;1-2H3/b18-10+;. The van der Waals surface area contributed by atoms with Crippen LogP contribution in [0.4, 0.5) is 0 Å². The third-order valence-electron chi connectivity index (χ3n) is 7.39. The summed E-state index contributed by atoms with van der Waals surface area (Å²) in [5.74, 6) is 0.337. The molecule has 0 aliphatic heterocycles. The van der Waals surface area contributed by atoms with Gasteiger partial charge in [-0.15, -0.1) is 0 Å². The molecule has 1 unspecified atom stereocenters. The lowest BCUT2D eigenvalue weighted by Crippen LogP contribution is -2.38. The Balaban J connectivity index is 0.00000237. The van der Waals surface area contributed by atoms with Gasteiger partial charge in [0.2, 0.25) is 0 Å². The van der Waals surface area contributed by atoms with E-state index in [2.05, 4.69) is 4.98 Å². The minimum atomic E-state index is -0.453. The number of ketones is 1. The number of rotatable bonds is 10. The second kappa shape index (κ2) is 13.5. The largest absolute Gasteiger partial charge is 0.365 e. The number of imidazole rings is 1. The van der Waals surface area contributed by atoms with Crippen LogP contribution in [0.2, 0.25) is 0 Å². The van der Waals surface area contributed by atoms with Crippen LogP contribution in [0.25, 0.3) is 22.6 Å². The number of hydrogen-bond acceptors (Lipinski definition) is 5. The zero-order chi connectivity index (χ0) is 31.5. The van der Waals surface area contributed by atoms with Gasteiger partial charge in [-0.3, -0.25) is 23.4 Å². The molecule has 0 fully saturated rings. The lowest BCUT2D eigenvalue weighted by atomic mass is 10.0. The Morgan fingerprint density at radius 2 is 1.83 bits per heavy atom. The van der Waals surface area contributed by atoms with Gasteiger partial charge in [-0.2, -0.15) is 5.10 Å². The summed E-state index contributed by atoms with van der Waals surface area (Å²) in [4.78, 5) is 47.9. The van der Waals surface area contributed by atoms with Gasteiger partial charge in [-0.25, -0.2) is 9.78 Å². The van der Waals surface area contributed by atoms with E-state index in [-0.39, 0.29) is 17.6 Å². The molecule has 0 amide bonds. The number of H-pyrrole nitrogens is 1. The second-order valence-corrected chi connectivity index (χ2v) is 11.6. The lowest BCUT2D eigenvalue weighted by Gasteiger charge is -2.11. The normalized spacial score (nSPS) is 12.6. The molecule has 0 saturated heterocycles. The molecule has 0 saturated carbocycles. The molecule has 4 aromatic rings. The molecule has 42 heavy (non-hydrogen) atoms. The summed E-state index contributed by atoms with van der Waals surface area (Å²) in [6, 6.07) is 0. The molecule has 0 aliphatic carbocycles. The number of fused-ring (bicyclic) bond motifs is 1. The quantitative estimate of drug-likeness (QED) is 0.240. The molecule has 0 bridgehead atoms. The highest BCUT2D eigenvalue weighted by Gasteiger charge is 2.27. The highest BCUT2D eigenvalue weighted by molar-refractivity contribution is 6.29. The van der Waals surface area contributed by atoms with Crippen molar-refractivity contribution in [3.8, 4) is 11.5 Å². The lowest BCUT2D eigenvalue weighted by molar-refractivity contribution is 0.0922. The molecule has 0 spiro atoms. The number of aryl methyl sites for hydroxylation is 2. The molecular weight excluding hydrogens is 554 g/mol.